The minimum absolute atomic E-state index is 0.0890. The van der Waals surface area contributed by atoms with Crippen molar-refractivity contribution in [1.29, 1.82) is 0 Å². The van der Waals surface area contributed by atoms with E-state index < -0.39 is 30.0 Å². The number of nitrogens with zero attached hydrogens (tertiary/aromatic N) is 1. The summed E-state index contributed by atoms with van der Waals surface area (Å²) in [5.41, 5.74) is 0.617. The lowest BCUT2D eigenvalue weighted by Gasteiger charge is -2.49. The average Bonchev–Trinajstić information content (AvgIpc) is 2.58. The van der Waals surface area contributed by atoms with Gasteiger partial charge in [0, 0.05) is 11.3 Å². The average molecular weight is 350 g/mol. The molecular formula is C16H15FN2O4S. The Hall–Kier alpha value is -2.35. The highest BCUT2D eigenvalue weighted by Gasteiger charge is 2.54. The number of carboxylic acid groups (broad SMARTS) is 1. The van der Waals surface area contributed by atoms with Crippen LogP contribution in [0.3, 0.4) is 0 Å². The summed E-state index contributed by atoms with van der Waals surface area (Å²) in [6.07, 6.45) is 0.138. The minimum atomic E-state index is -1.32. The van der Waals surface area contributed by atoms with Crippen molar-refractivity contribution in [1.82, 2.24) is 10.2 Å². The van der Waals surface area contributed by atoms with E-state index in [2.05, 4.69) is 5.32 Å². The van der Waals surface area contributed by atoms with Crippen LogP contribution in [-0.4, -0.2) is 51.6 Å². The van der Waals surface area contributed by atoms with Gasteiger partial charge in [0.2, 0.25) is 5.91 Å². The summed E-state index contributed by atoms with van der Waals surface area (Å²) in [6.45, 7) is -0.907. The second kappa shape index (κ2) is 6.64. The quantitative estimate of drug-likeness (QED) is 0.772. The molecule has 3 rings (SSSR count). The van der Waals surface area contributed by atoms with E-state index in [0.29, 0.717) is 0 Å². The third kappa shape index (κ3) is 2.89. The number of β-lactam (4-membered cyclic amide) rings is 1. The van der Waals surface area contributed by atoms with Gasteiger partial charge in [0.1, 0.15) is 23.8 Å². The van der Waals surface area contributed by atoms with Gasteiger partial charge < -0.3 is 10.4 Å². The number of carbonyl (C=O) groups excluding carboxylic acids is 2. The number of carbonyl (C=O) groups is 3. The van der Waals surface area contributed by atoms with Crippen molar-refractivity contribution in [2.24, 2.45) is 0 Å². The zero-order valence-corrected chi connectivity index (χ0v) is 13.4. The molecule has 1 saturated heterocycles. The van der Waals surface area contributed by atoms with Gasteiger partial charge in [-0.15, -0.1) is 11.8 Å². The van der Waals surface area contributed by atoms with E-state index in [4.69, 9.17) is 0 Å². The number of hydrogen-bond acceptors (Lipinski definition) is 4. The van der Waals surface area contributed by atoms with Crippen LogP contribution in [0, 0.1) is 0 Å². The van der Waals surface area contributed by atoms with Crippen LogP contribution in [-0.2, 0) is 20.8 Å². The maximum atomic E-state index is 12.9. The Labute approximate surface area is 141 Å². The Bertz CT molecular complexity index is 722. The lowest BCUT2D eigenvalue weighted by Crippen LogP contribution is -2.70. The van der Waals surface area contributed by atoms with Crippen LogP contribution in [0.25, 0.3) is 0 Å². The lowest BCUT2D eigenvalue weighted by molar-refractivity contribution is -0.150. The number of alkyl halides is 1. The lowest BCUT2D eigenvalue weighted by atomic mass is 10.0. The number of benzene rings is 1. The number of amides is 2. The SMILES string of the molecule is O=C(Cc1ccccc1)NC1C(=O)N2C(C(=O)O)=C(CF)CS[C@H]12. The predicted octanol–water partition coefficient (Wildman–Crippen LogP) is 0.937. The predicted molar refractivity (Wildman–Crippen MR) is 85.8 cm³/mol. The van der Waals surface area contributed by atoms with Gasteiger partial charge in [-0.2, -0.15) is 0 Å². The van der Waals surface area contributed by atoms with Crippen LogP contribution in [0.15, 0.2) is 41.6 Å². The van der Waals surface area contributed by atoms with Gasteiger partial charge >= 0.3 is 5.97 Å². The van der Waals surface area contributed by atoms with Crippen LogP contribution in [0.1, 0.15) is 5.56 Å². The number of carboxylic acids is 1. The first kappa shape index (κ1) is 16.5. The normalized spacial score (nSPS) is 22.7. The van der Waals surface area contributed by atoms with E-state index in [1.165, 1.54) is 11.8 Å². The van der Waals surface area contributed by atoms with Gasteiger partial charge in [0.05, 0.1) is 6.42 Å². The first-order valence-corrected chi connectivity index (χ1v) is 8.37. The first-order valence-electron chi connectivity index (χ1n) is 7.32. The summed E-state index contributed by atoms with van der Waals surface area (Å²) < 4.78 is 12.9. The fraction of sp³-hybridized carbons (Fsp3) is 0.312. The molecule has 1 fully saturated rings. The number of thioether (sulfide) groups is 1. The molecule has 0 aliphatic carbocycles. The molecule has 2 atom stereocenters. The first-order chi connectivity index (χ1) is 11.5. The van der Waals surface area contributed by atoms with Crippen molar-refractivity contribution in [3.05, 3.63) is 47.2 Å². The summed E-state index contributed by atoms with van der Waals surface area (Å²) >= 11 is 1.26. The minimum Gasteiger partial charge on any atom is -0.477 e. The van der Waals surface area contributed by atoms with Crippen molar-refractivity contribution in [2.45, 2.75) is 17.8 Å². The summed E-state index contributed by atoms with van der Waals surface area (Å²) in [6, 6.07) is 8.32. The monoisotopic (exact) mass is 350 g/mol. The largest absolute Gasteiger partial charge is 0.477 e. The molecular weight excluding hydrogens is 335 g/mol. The van der Waals surface area contributed by atoms with Crippen LogP contribution in [0.5, 0.6) is 0 Å². The molecule has 1 aromatic rings. The van der Waals surface area contributed by atoms with Gasteiger partial charge in [0.25, 0.3) is 5.91 Å². The zero-order valence-electron chi connectivity index (χ0n) is 12.6. The third-order valence-electron chi connectivity index (χ3n) is 3.94. The van der Waals surface area contributed by atoms with Crippen molar-refractivity contribution in [2.75, 3.05) is 12.4 Å². The highest BCUT2D eigenvalue weighted by Crippen LogP contribution is 2.40. The van der Waals surface area contributed by atoms with E-state index in [9.17, 15) is 23.9 Å². The highest BCUT2D eigenvalue weighted by atomic mass is 32.2. The smallest absolute Gasteiger partial charge is 0.352 e. The molecule has 6 nitrogen and oxygen atoms in total. The summed E-state index contributed by atoms with van der Waals surface area (Å²) in [5, 5.41) is 11.4. The van der Waals surface area contributed by atoms with Crippen molar-refractivity contribution < 1.29 is 23.9 Å². The van der Waals surface area contributed by atoms with Gasteiger partial charge in [-0.25, -0.2) is 9.18 Å². The van der Waals surface area contributed by atoms with Crippen LogP contribution >= 0.6 is 11.8 Å². The molecule has 24 heavy (non-hydrogen) atoms. The molecule has 0 bridgehead atoms. The number of fused-ring (bicyclic) bond motifs is 1. The van der Waals surface area contributed by atoms with Crippen LogP contribution in [0.2, 0.25) is 0 Å². The van der Waals surface area contributed by atoms with E-state index >= 15 is 0 Å². The van der Waals surface area contributed by atoms with Crippen molar-refractivity contribution >= 4 is 29.5 Å². The Morgan fingerprint density at radius 3 is 2.67 bits per heavy atom. The summed E-state index contributed by atoms with van der Waals surface area (Å²) in [4.78, 5) is 36.7. The standard InChI is InChI=1S/C16H15FN2O4S/c17-7-10-8-24-15-12(14(21)19(15)13(10)16(22)23)18-11(20)6-9-4-2-1-3-5-9/h1-5,12,15H,6-8H2,(H,18,20)(H,22,23)/t12?,15-/m1/s1. The fourth-order valence-electron chi connectivity index (χ4n) is 2.79. The molecule has 0 spiro atoms. The molecule has 1 unspecified atom stereocenters. The fourth-order valence-corrected chi connectivity index (χ4v) is 4.11. The van der Waals surface area contributed by atoms with Crippen molar-refractivity contribution in [3.63, 3.8) is 0 Å². The topological polar surface area (TPSA) is 86.7 Å². The molecule has 0 radical (unpaired) electrons. The number of hydrogen-bond donors (Lipinski definition) is 2. The van der Waals surface area contributed by atoms with Gasteiger partial charge in [-0.1, -0.05) is 30.3 Å². The maximum absolute atomic E-state index is 12.9. The molecule has 2 N–H and O–H groups in total. The van der Waals surface area contributed by atoms with Crippen LogP contribution < -0.4 is 5.32 Å². The Morgan fingerprint density at radius 2 is 2.04 bits per heavy atom. The molecule has 0 aromatic heterocycles. The highest BCUT2D eigenvalue weighted by molar-refractivity contribution is 8.00. The zero-order chi connectivity index (χ0) is 17.3. The number of aliphatic carboxylic acids is 1. The molecule has 8 heteroatoms. The Kier molecular flexibility index (Phi) is 4.57. The maximum Gasteiger partial charge on any atom is 0.352 e. The van der Waals surface area contributed by atoms with Gasteiger partial charge in [-0.05, 0) is 5.56 Å². The Balaban J connectivity index is 1.69. The van der Waals surface area contributed by atoms with E-state index in [0.717, 1.165) is 10.5 Å². The number of halogens is 1. The van der Waals surface area contributed by atoms with Gasteiger partial charge in [0.15, 0.2) is 0 Å². The molecule has 2 aliphatic rings. The van der Waals surface area contributed by atoms with E-state index in [-0.39, 0.29) is 29.4 Å². The van der Waals surface area contributed by atoms with E-state index in [1.54, 1.807) is 0 Å². The number of nitrogens with one attached hydrogen (secondary N) is 1. The molecule has 0 saturated carbocycles. The van der Waals surface area contributed by atoms with Crippen LogP contribution in [0.4, 0.5) is 4.39 Å². The summed E-state index contributed by atoms with van der Waals surface area (Å²) in [5.74, 6) is -1.96. The molecule has 126 valence electrons. The summed E-state index contributed by atoms with van der Waals surface area (Å²) in [7, 11) is 0. The molecule has 1 aromatic carbocycles. The second-order valence-electron chi connectivity index (χ2n) is 5.51. The van der Waals surface area contributed by atoms with Crippen molar-refractivity contribution in [3.8, 4) is 0 Å². The van der Waals surface area contributed by atoms with Gasteiger partial charge in [-0.3, -0.25) is 14.5 Å². The molecule has 2 aliphatic heterocycles. The Morgan fingerprint density at radius 1 is 1.33 bits per heavy atom. The number of rotatable bonds is 5. The van der Waals surface area contributed by atoms with E-state index in [1.807, 2.05) is 30.3 Å². The molecule has 2 heterocycles. The molecule has 2 amide bonds. The second-order valence-corrected chi connectivity index (χ2v) is 6.61. The third-order valence-corrected chi connectivity index (χ3v) is 5.27.